The number of allylic oxidation sites excluding steroid dienone is 1. The Morgan fingerprint density at radius 2 is 1.86 bits per heavy atom. The third kappa shape index (κ3) is 3.88. The fourth-order valence-electron chi connectivity index (χ4n) is 4.96. The van der Waals surface area contributed by atoms with Crippen LogP contribution in [0.25, 0.3) is 11.8 Å². The molecule has 4 nitrogen and oxygen atoms in total. The standard InChI is InChI=1S/C30H24N2O2S/c1-2-17-34-23-13-8-9-20(18-23)19-26-29(33)32-28(22-11-4-3-5-12-22)25-16-15-21-10-6-7-14-24(21)27(25)31-30(32)35-26/h2-14,18-19,28H,1,15-17H2/b26-19+/t28-/m1/s1. The van der Waals surface area contributed by atoms with E-state index in [1.54, 1.807) is 6.08 Å². The molecule has 0 saturated heterocycles. The van der Waals surface area contributed by atoms with E-state index in [9.17, 15) is 4.79 Å². The Balaban J connectivity index is 1.55. The smallest absolute Gasteiger partial charge is 0.271 e. The van der Waals surface area contributed by atoms with Gasteiger partial charge in [0.1, 0.15) is 12.4 Å². The van der Waals surface area contributed by atoms with Gasteiger partial charge < -0.3 is 4.74 Å². The first-order valence-electron chi connectivity index (χ1n) is 11.7. The number of hydrogen-bond acceptors (Lipinski definition) is 4. The molecule has 0 saturated carbocycles. The predicted molar refractivity (Wildman–Crippen MR) is 141 cm³/mol. The van der Waals surface area contributed by atoms with Crippen LogP contribution < -0.4 is 19.6 Å². The highest BCUT2D eigenvalue weighted by atomic mass is 32.1. The van der Waals surface area contributed by atoms with E-state index in [1.807, 2.05) is 53.1 Å². The molecule has 0 spiro atoms. The first-order valence-corrected chi connectivity index (χ1v) is 12.6. The van der Waals surface area contributed by atoms with Crippen molar-refractivity contribution in [2.45, 2.75) is 18.9 Å². The van der Waals surface area contributed by atoms with Crippen LogP contribution in [-0.2, 0) is 6.42 Å². The van der Waals surface area contributed by atoms with Gasteiger partial charge in [-0.05, 0) is 53.3 Å². The second-order valence-electron chi connectivity index (χ2n) is 8.70. The number of nitrogens with zero attached hydrogens (tertiary/aromatic N) is 2. The molecular formula is C30H24N2O2S. The average Bonchev–Trinajstić information content (AvgIpc) is 3.21. The van der Waals surface area contributed by atoms with Gasteiger partial charge in [0.2, 0.25) is 0 Å². The van der Waals surface area contributed by atoms with E-state index in [0.717, 1.165) is 40.2 Å². The number of ether oxygens (including phenoxy) is 1. The van der Waals surface area contributed by atoms with Crippen molar-refractivity contribution in [3.05, 3.63) is 139 Å². The first kappa shape index (κ1) is 21.6. The summed E-state index contributed by atoms with van der Waals surface area (Å²) >= 11 is 1.45. The largest absolute Gasteiger partial charge is 0.490 e. The van der Waals surface area contributed by atoms with Crippen LogP contribution in [0.3, 0.4) is 0 Å². The van der Waals surface area contributed by atoms with Crippen LogP contribution in [0.2, 0.25) is 0 Å². The minimum atomic E-state index is -0.153. The Morgan fingerprint density at radius 1 is 1.03 bits per heavy atom. The van der Waals surface area contributed by atoms with E-state index in [2.05, 4.69) is 43.0 Å². The van der Waals surface area contributed by atoms with Crippen molar-refractivity contribution in [3.8, 4) is 5.75 Å². The molecule has 0 bridgehead atoms. The zero-order valence-electron chi connectivity index (χ0n) is 19.2. The van der Waals surface area contributed by atoms with Crippen LogP contribution in [0.5, 0.6) is 5.75 Å². The molecule has 0 unspecified atom stereocenters. The topological polar surface area (TPSA) is 43.6 Å². The van der Waals surface area contributed by atoms with E-state index in [0.29, 0.717) is 11.1 Å². The van der Waals surface area contributed by atoms with Gasteiger partial charge in [0.25, 0.3) is 5.56 Å². The molecule has 0 amide bonds. The number of fused-ring (bicyclic) bond motifs is 3. The molecule has 0 radical (unpaired) electrons. The number of rotatable bonds is 5. The van der Waals surface area contributed by atoms with Gasteiger partial charge in [-0.3, -0.25) is 9.36 Å². The molecule has 1 atom stereocenters. The summed E-state index contributed by atoms with van der Waals surface area (Å²) in [6.45, 7) is 4.14. The molecule has 172 valence electrons. The maximum absolute atomic E-state index is 13.8. The number of hydrogen-bond donors (Lipinski definition) is 0. The Kier molecular flexibility index (Phi) is 5.55. The quantitative estimate of drug-likeness (QED) is 0.385. The van der Waals surface area contributed by atoms with E-state index >= 15 is 0 Å². The van der Waals surface area contributed by atoms with Crippen molar-refractivity contribution < 1.29 is 4.74 Å². The van der Waals surface area contributed by atoms with Gasteiger partial charge in [-0.15, -0.1) is 0 Å². The second-order valence-corrected chi connectivity index (χ2v) is 9.71. The molecule has 5 heteroatoms. The van der Waals surface area contributed by atoms with E-state index in [-0.39, 0.29) is 11.6 Å². The molecule has 0 N–H and O–H groups in total. The summed E-state index contributed by atoms with van der Waals surface area (Å²) in [5.41, 5.74) is 6.76. The molecule has 4 aromatic rings. The fourth-order valence-corrected chi connectivity index (χ4v) is 5.96. The molecule has 1 aliphatic carbocycles. The second kappa shape index (κ2) is 9.01. The Labute approximate surface area is 207 Å². The van der Waals surface area contributed by atoms with Crippen molar-refractivity contribution in [1.82, 2.24) is 4.57 Å². The molecule has 0 fully saturated rings. The van der Waals surface area contributed by atoms with E-state index in [4.69, 9.17) is 9.73 Å². The number of aryl methyl sites for hydroxylation is 1. The summed E-state index contributed by atoms with van der Waals surface area (Å²) in [5.74, 6) is 0.751. The van der Waals surface area contributed by atoms with Gasteiger partial charge in [0.05, 0.1) is 16.3 Å². The number of thiazole rings is 1. The summed E-state index contributed by atoms with van der Waals surface area (Å²) < 4.78 is 8.23. The Bertz CT molecular complexity index is 1640. The maximum Gasteiger partial charge on any atom is 0.271 e. The highest BCUT2D eigenvalue weighted by molar-refractivity contribution is 7.07. The highest BCUT2D eigenvalue weighted by Gasteiger charge is 2.32. The van der Waals surface area contributed by atoms with Crippen molar-refractivity contribution in [2.75, 3.05) is 6.61 Å². The van der Waals surface area contributed by atoms with Gasteiger partial charge in [-0.25, -0.2) is 4.99 Å². The number of benzene rings is 3. The van der Waals surface area contributed by atoms with E-state index < -0.39 is 0 Å². The normalized spacial score (nSPS) is 16.7. The Hall–Kier alpha value is -3.96. The van der Waals surface area contributed by atoms with Crippen molar-refractivity contribution in [2.24, 2.45) is 4.99 Å². The lowest BCUT2D eigenvalue weighted by atomic mass is 9.83. The molecule has 1 aliphatic heterocycles. The first-order chi connectivity index (χ1) is 17.2. The molecular weight excluding hydrogens is 452 g/mol. The van der Waals surface area contributed by atoms with Crippen molar-refractivity contribution in [3.63, 3.8) is 0 Å². The molecule has 35 heavy (non-hydrogen) atoms. The maximum atomic E-state index is 13.8. The van der Waals surface area contributed by atoms with E-state index in [1.165, 1.54) is 28.0 Å². The van der Waals surface area contributed by atoms with Crippen LogP contribution >= 0.6 is 11.3 Å². The van der Waals surface area contributed by atoms with Crippen molar-refractivity contribution in [1.29, 1.82) is 0 Å². The van der Waals surface area contributed by atoms with Crippen LogP contribution in [0.1, 0.15) is 34.7 Å². The van der Waals surface area contributed by atoms with Gasteiger partial charge in [-0.1, -0.05) is 90.7 Å². The lowest BCUT2D eigenvalue weighted by Gasteiger charge is -2.30. The van der Waals surface area contributed by atoms with Gasteiger partial charge in [-0.2, -0.15) is 0 Å². The lowest BCUT2D eigenvalue weighted by Crippen LogP contribution is -2.38. The third-order valence-electron chi connectivity index (χ3n) is 6.51. The summed E-state index contributed by atoms with van der Waals surface area (Å²) in [4.78, 5) is 19.6. The monoisotopic (exact) mass is 476 g/mol. The van der Waals surface area contributed by atoms with Crippen LogP contribution in [0.4, 0.5) is 0 Å². The average molecular weight is 477 g/mol. The van der Waals surface area contributed by atoms with Crippen LogP contribution in [-0.4, -0.2) is 11.2 Å². The number of aromatic nitrogens is 1. The molecule has 2 heterocycles. The van der Waals surface area contributed by atoms with Gasteiger partial charge in [0.15, 0.2) is 4.80 Å². The van der Waals surface area contributed by atoms with Crippen LogP contribution in [0.15, 0.2) is 107 Å². The molecule has 3 aromatic carbocycles. The van der Waals surface area contributed by atoms with Crippen LogP contribution in [0, 0.1) is 0 Å². The zero-order chi connectivity index (χ0) is 23.8. The SMILES string of the molecule is C=CCOc1cccc(/C=c2/sc3n(c2=O)[C@H](c2ccccc2)C2=C(N=3)c3ccccc3CC2)c1. The summed E-state index contributed by atoms with van der Waals surface area (Å²) in [6.07, 6.45) is 5.50. The van der Waals surface area contributed by atoms with Gasteiger partial charge >= 0.3 is 0 Å². The Morgan fingerprint density at radius 3 is 2.71 bits per heavy atom. The minimum Gasteiger partial charge on any atom is -0.490 e. The lowest BCUT2D eigenvalue weighted by molar-refractivity contribution is 0.363. The molecule has 6 rings (SSSR count). The zero-order valence-corrected chi connectivity index (χ0v) is 20.0. The minimum absolute atomic E-state index is 0.00887. The molecule has 2 aliphatic rings. The fraction of sp³-hybridized carbons (Fsp3) is 0.133. The summed E-state index contributed by atoms with van der Waals surface area (Å²) in [6, 6.07) is 26.4. The summed E-state index contributed by atoms with van der Waals surface area (Å²) in [5, 5.41) is 0. The highest BCUT2D eigenvalue weighted by Crippen LogP contribution is 2.41. The van der Waals surface area contributed by atoms with Gasteiger partial charge in [0, 0.05) is 5.56 Å². The predicted octanol–water partition coefficient (Wildman–Crippen LogP) is 4.88. The van der Waals surface area contributed by atoms with Crippen molar-refractivity contribution >= 4 is 23.1 Å². The molecule has 1 aromatic heterocycles. The summed E-state index contributed by atoms with van der Waals surface area (Å²) in [7, 11) is 0. The third-order valence-corrected chi connectivity index (χ3v) is 7.49.